The Bertz CT molecular complexity index is 357. The van der Waals surface area contributed by atoms with Crippen molar-refractivity contribution in [1.29, 1.82) is 0 Å². The SMILES string of the molecule is NC(CC1(CNCc2cccs2)CC1)=NO. The fourth-order valence-corrected chi connectivity index (χ4v) is 2.55. The van der Waals surface area contributed by atoms with Crippen molar-refractivity contribution in [2.45, 2.75) is 25.8 Å². The van der Waals surface area contributed by atoms with Crippen molar-refractivity contribution in [1.82, 2.24) is 5.32 Å². The fourth-order valence-electron chi connectivity index (χ4n) is 1.88. The van der Waals surface area contributed by atoms with Gasteiger partial charge in [-0.05, 0) is 29.7 Å². The number of nitrogens with two attached hydrogens (primary N) is 1. The van der Waals surface area contributed by atoms with E-state index in [9.17, 15) is 0 Å². The lowest BCUT2D eigenvalue weighted by Crippen LogP contribution is -2.27. The monoisotopic (exact) mass is 239 g/mol. The normalized spacial score (nSPS) is 18.6. The first kappa shape index (κ1) is 11.4. The van der Waals surface area contributed by atoms with Gasteiger partial charge < -0.3 is 16.3 Å². The topological polar surface area (TPSA) is 70.6 Å². The summed E-state index contributed by atoms with van der Waals surface area (Å²) in [7, 11) is 0. The number of thiophene rings is 1. The van der Waals surface area contributed by atoms with Crippen LogP contribution in [0.1, 0.15) is 24.1 Å². The molecule has 0 aromatic carbocycles. The summed E-state index contributed by atoms with van der Waals surface area (Å²) in [5.41, 5.74) is 5.78. The van der Waals surface area contributed by atoms with E-state index in [1.165, 1.54) is 17.7 Å². The minimum absolute atomic E-state index is 0.244. The molecule has 1 aromatic rings. The molecule has 5 heteroatoms. The molecule has 4 nitrogen and oxygen atoms in total. The molecular formula is C11H17N3OS. The largest absolute Gasteiger partial charge is 0.409 e. The number of oxime groups is 1. The zero-order valence-electron chi connectivity index (χ0n) is 9.15. The number of rotatable bonds is 6. The Balaban J connectivity index is 1.73. The molecule has 0 bridgehead atoms. The van der Waals surface area contributed by atoms with Crippen LogP contribution in [0.2, 0.25) is 0 Å². The van der Waals surface area contributed by atoms with Gasteiger partial charge in [0.2, 0.25) is 0 Å². The molecule has 1 saturated carbocycles. The average molecular weight is 239 g/mol. The molecule has 1 aliphatic rings. The number of hydrogen-bond acceptors (Lipinski definition) is 4. The summed E-state index contributed by atoms with van der Waals surface area (Å²) in [5, 5.41) is 17.1. The Morgan fingerprint density at radius 1 is 1.62 bits per heavy atom. The summed E-state index contributed by atoms with van der Waals surface area (Å²) in [5.74, 6) is 0.343. The first-order chi connectivity index (χ1) is 7.74. The van der Waals surface area contributed by atoms with Crippen molar-refractivity contribution in [3.05, 3.63) is 22.4 Å². The van der Waals surface area contributed by atoms with Crippen molar-refractivity contribution >= 4 is 17.2 Å². The van der Waals surface area contributed by atoms with E-state index in [2.05, 4.69) is 28.0 Å². The van der Waals surface area contributed by atoms with Crippen molar-refractivity contribution < 1.29 is 5.21 Å². The Labute approximate surface area is 99.2 Å². The molecule has 16 heavy (non-hydrogen) atoms. The molecule has 88 valence electrons. The molecular weight excluding hydrogens is 222 g/mol. The van der Waals surface area contributed by atoms with Crippen LogP contribution in [-0.2, 0) is 6.54 Å². The van der Waals surface area contributed by atoms with E-state index in [1.807, 2.05) is 0 Å². The van der Waals surface area contributed by atoms with Crippen molar-refractivity contribution in [2.75, 3.05) is 6.54 Å². The van der Waals surface area contributed by atoms with Gasteiger partial charge in [-0.1, -0.05) is 11.2 Å². The molecule has 1 aliphatic carbocycles. The van der Waals surface area contributed by atoms with Crippen molar-refractivity contribution in [3.8, 4) is 0 Å². The quantitative estimate of drug-likeness (QED) is 0.306. The van der Waals surface area contributed by atoms with Crippen LogP contribution >= 0.6 is 11.3 Å². The van der Waals surface area contributed by atoms with Gasteiger partial charge in [-0.2, -0.15) is 0 Å². The molecule has 4 N–H and O–H groups in total. The third-order valence-electron chi connectivity index (χ3n) is 3.02. The molecule has 0 spiro atoms. The summed E-state index contributed by atoms with van der Waals surface area (Å²) in [6.07, 6.45) is 3.03. The smallest absolute Gasteiger partial charge is 0.139 e. The fraction of sp³-hybridized carbons (Fsp3) is 0.545. The first-order valence-electron chi connectivity index (χ1n) is 5.44. The summed E-state index contributed by atoms with van der Waals surface area (Å²) >= 11 is 1.76. The van der Waals surface area contributed by atoms with E-state index < -0.39 is 0 Å². The van der Waals surface area contributed by atoms with Gasteiger partial charge in [-0.15, -0.1) is 11.3 Å². The highest BCUT2D eigenvalue weighted by Crippen LogP contribution is 2.48. The molecule has 0 unspecified atom stereocenters. The molecule has 0 amide bonds. The average Bonchev–Trinajstić information content (AvgIpc) is 2.83. The Morgan fingerprint density at radius 3 is 3.00 bits per heavy atom. The maximum Gasteiger partial charge on any atom is 0.139 e. The predicted octanol–water partition coefficient (Wildman–Crippen LogP) is 1.75. The molecule has 1 fully saturated rings. The van der Waals surface area contributed by atoms with Crippen LogP contribution in [0.4, 0.5) is 0 Å². The second kappa shape index (κ2) is 4.84. The van der Waals surface area contributed by atoms with Crippen LogP contribution in [0.25, 0.3) is 0 Å². The molecule has 1 heterocycles. The molecule has 0 aliphatic heterocycles. The van der Waals surface area contributed by atoms with E-state index in [0.29, 0.717) is 12.3 Å². The Hall–Kier alpha value is -1.07. The van der Waals surface area contributed by atoms with E-state index in [4.69, 9.17) is 10.9 Å². The number of hydrogen-bond donors (Lipinski definition) is 3. The first-order valence-corrected chi connectivity index (χ1v) is 6.32. The Morgan fingerprint density at radius 2 is 2.44 bits per heavy atom. The minimum atomic E-state index is 0.244. The summed E-state index contributed by atoms with van der Waals surface area (Å²) in [4.78, 5) is 1.35. The van der Waals surface area contributed by atoms with E-state index in [-0.39, 0.29) is 5.41 Å². The minimum Gasteiger partial charge on any atom is -0.409 e. The van der Waals surface area contributed by atoms with Crippen molar-refractivity contribution in [3.63, 3.8) is 0 Å². The van der Waals surface area contributed by atoms with Gasteiger partial charge in [-0.25, -0.2) is 0 Å². The van der Waals surface area contributed by atoms with Crippen LogP contribution in [0, 0.1) is 5.41 Å². The Kier molecular flexibility index (Phi) is 3.46. The summed E-state index contributed by atoms with van der Waals surface area (Å²) in [6.45, 7) is 1.86. The second-order valence-electron chi connectivity index (χ2n) is 4.45. The summed E-state index contributed by atoms with van der Waals surface area (Å²) < 4.78 is 0. The molecule has 1 aromatic heterocycles. The van der Waals surface area contributed by atoms with E-state index >= 15 is 0 Å². The lowest BCUT2D eigenvalue weighted by molar-refractivity contribution is 0.314. The van der Waals surface area contributed by atoms with Gasteiger partial charge in [-0.3, -0.25) is 0 Å². The van der Waals surface area contributed by atoms with E-state index in [0.717, 1.165) is 13.1 Å². The molecule has 0 saturated heterocycles. The van der Waals surface area contributed by atoms with Gasteiger partial charge >= 0.3 is 0 Å². The highest BCUT2D eigenvalue weighted by molar-refractivity contribution is 7.09. The lowest BCUT2D eigenvalue weighted by Gasteiger charge is -2.14. The lowest BCUT2D eigenvalue weighted by atomic mass is 10.0. The predicted molar refractivity (Wildman–Crippen MR) is 65.7 cm³/mol. The van der Waals surface area contributed by atoms with Gasteiger partial charge in [0.15, 0.2) is 0 Å². The van der Waals surface area contributed by atoms with Crippen LogP contribution in [0.15, 0.2) is 22.7 Å². The van der Waals surface area contributed by atoms with E-state index in [1.54, 1.807) is 11.3 Å². The molecule has 0 atom stereocenters. The maximum atomic E-state index is 8.55. The molecule has 2 rings (SSSR count). The zero-order valence-corrected chi connectivity index (χ0v) is 9.96. The third-order valence-corrected chi connectivity index (χ3v) is 3.90. The maximum absolute atomic E-state index is 8.55. The highest BCUT2D eigenvalue weighted by atomic mass is 32.1. The van der Waals surface area contributed by atoms with Gasteiger partial charge in [0.1, 0.15) is 5.84 Å². The zero-order chi connectivity index (χ0) is 11.4. The second-order valence-corrected chi connectivity index (χ2v) is 5.48. The van der Waals surface area contributed by atoms with Crippen LogP contribution < -0.4 is 11.1 Å². The van der Waals surface area contributed by atoms with Crippen LogP contribution in [0.5, 0.6) is 0 Å². The highest BCUT2D eigenvalue weighted by Gasteiger charge is 2.42. The van der Waals surface area contributed by atoms with Gasteiger partial charge in [0, 0.05) is 24.4 Å². The number of nitrogens with zero attached hydrogens (tertiary/aromatic N) is 1. The summed E-state index contributed by atoms with van der Waals surface area (Å²) in [6, 6.07) is 4.19. The van der Waals surface area contributed by atoms with Crippen LogP contribution in [-0.4, -0.2) is 17.6 Å². The van der Waals surface area contributed by atoms with Gasteiger partial charge in [0.05, 0.1) is 0 Å². The number of nitrogens with one attached hydrogen (secondary N) is 1. The van der Waals surface area contributed by atoms with Crippen molar-refractivity contribution in [2.24, 2.45) is 16.3 Å². The van der Waals surface area contributed by atoms with Crippen LogP contribution in [0.3, 0.4) is 0 Å². The number of amidine groups is 1. The van der Waals surface area contributed by atoms with Gasteiger partial charge in [0.25, 0.3) is 0 Å². The third kappa shape index (κ3) is 2.96. The molecule has 0 radical (unpaired) electrons. The standard InChI is InChI=1S/C11H17N3OS/c12-10(14-15)6-11(3-4-11)8-13-7-9-2-1-5-16-9/h1-2,5,13,15H,3-4,6-8H2,(H2,12,14).